The third-order valence-electron chi connectivity index (χ3n) is 1.21. The molecule has 0 amide bonds. The summed E-state index contributed by atoms with van der Waals surface area (Å²) >= 11 is 0. The van der Waals surface area contributed by atoms with Crippen LogP contribution >= 0.6 is 0 Å². The Kier molecular flexibility index (Phi) is 5.12. The average Bonchev–Trinajstić information content (AvgIpc) is 1.61. The van der Waals surface area contributed by atoms with E-state index in [0.717, 1.165) is 0 Å². The fourth-order valence-electron chi connectivity index (χ4n) is 0.707. The van der Waals surface area contributed by atoms with Gasteiger partial charge in [0.2, 0.25) is 0 Å². The molecular weight excluding hydrogens is 70.9 g/mol. The Hall–Kier alpha value is 0.0649. The molecule has 0 bridgehead atoms. The molecule has 0 unspecified atom stereocenters. The van der Waals surface area contributed by atoms with E-state index in [0.29, 0.717) is 7.28 Å². The average molecular weight is 85.0 g/mol. The van der Waals surface area contributed by atoms with Crippen molar-refractivity contribution < 1.29 is 0 Å². The molecule has 6 heavy (non-hydrogen) atoms. The number of hydrogen-bond donors (Lipinski definition) is 0. The molecule has 0 saturated heterocycles. The van der Waals surface area contributed by atoms with Gasteiger partial charge in [-0.05, 0) is 7.28 Å². The predicted octanol–water partition coefficient (Wildman–Crippen LogP) is 1.42. The molecule has 0 fully saturated rings. The van der Waals surface area contributed by atoms with Crippen LogP contribution in [0.3, 0.4) is 0 Å². The van der Waals surface area contributed by atoms with Crippen LogP contribution in [0.4, 0.5) is 0 Å². The summed E-state index contributed by atoms with van der Waals surface area (Å²) in [5, 5.41) is 0. The third-order valence-corrected chi connectivity index (χ3v) is 1.21. The van der Waals surface area contributed by atoms with E-state index in [-0.39, 0.29) is 0 Å². The lowest BCUT2D eigenvalue weighted by atomic mass is 9.76. The Morgan fingerprint density at radius 3 is 2.33 bits per heavy atom. The first-order valence-electron chi connectivity index (χ1n) is 3.41. The summed E-state index contributed by atoms with van der Waals surface area (Å²) in [6.07, 6.45) is 4.39. The lowest BCUT2D eigenvalue weighted by molar-refractivity contribution is 0.880. The van der Waals surface area contributed by atoms with Crippen LogP contribution in [0.2, 0.25) is 13.1 Å². The highest BCUT2D eigenvalue weighted by atomic mass is 13.7. The molecular formula is C5H14B-. The largest absolute Gasteiger partial charge is 0.196 e. The van der Waals surface area contributed by atoms with Gasteiger partial charge >= 0.3 is 0 Å². The summed E-state index contributed by atoms with van der Waals surface area (Å²) in [5.41, 5.74) is 0. The molecule has 0 aliphatic rings. The fourth-order valence-corrected chi connectivity index (χ4v) is 0.707. The highest BCUT2D eigenvalue weighted by molar-refractivity contribution is 6.33. The molecule has 0 atom stereocenters. The molecule has 0 saturated carbocycles. The van der Waals surface area contributed by atoms with Gasteiger partial charge in [0.15, 0.2) is 0 Å². The zero-order valence-corrected chi connectivity index (χ0v) is 5.12. The Bertz CT molecular complexity index is 15.9. The third kappa shape index (κ3) is 4.06. The van der Waals surface area contributed by atoms with Crippen molar-refractivity contribution in [3.05, 3.63) is 0 Å². The van der Waals surface area contributed by atoms with Crippen LogP contribution < -0.4 is 0 Å². The Labute approximate surface area is 41.2 Å². The van der Waals surface area contributed by atoms with Crippen LogP contribution in [0.15, 0.2) is 0 Å². The molecule has 0 aliphatic heterocycles. The molecule has 0 aromatic heterocycles. The van der Waals surface area contributed by atoms with Crippen molar-refractivity contribution >= 4 is 7.28 Å². The summed E-state index contributed by atoms with van der Waals surface area (Å²) in [6, 6.07) is 0. The molecule has 0 aliphatic carbocycles. The highest BCUT2D eigenvalue weighted by Crippen LogP contribution is 1.90. The summed E-state index contributed by atoms with van der Waals surface area (Å²) in [6.45, 7) is 4.61. The molecule has 0 N–H and O–H groups in total. The predicted molar refractivity (Wildman–Crippen MR) is 34.1 cm³/mol. The first kappa shape index (κ1) is 6.06. The van der Waals surface area contributed by atoms with Gasteiger partial charge in [-0.3, -0.25) is 0 Å². The summed E-state index contributed by atoms with van der Waals surface area (Å²) < 4.78 is 0. The Morgan fingerprint density at radius 1 is 1.50 bits per heavy atom. The van der Waals surface area contributed by atoms with E-state index in [1.165, 1.54) is 19.2 Å². The molecule has 38 valence electrons. The van der Waals surface area contributed by atoms with E-state index < -0.39 is 0 Å². The minimum Gasteiger partial charge on any atom is -0.196 e. The van der Waals surface area contributed by atoms with Gasteiger partial charge < -0.3 is 0 Å². The zero-order chi connectivity index (χ0) is 4.83. The van der Waals surface area contributed by atoms with Gasteiger partial charge in [-0.1, -0.05) is 19.8 Å². The van der Waals surface area contributed by atoms with E-state index >= 15 is 0 Å². The van der Waals surface area contributed by atoms with Gasteiger partial charge in [0, 0.05) is 0 Å². The van der Waals surface area contributed by atoms with Crippen molar-refractivity contribution in [1.82, 2.24) is 0 Å². The molecule has 0 radical (unpaired) electrons. The molecule has 0 aromatic rings. The van der Waals surface area contributed by atoms with Crippen LogP contribution in [-0.2, 0) is 0 Å². The number of unbranched alkanes of at least 4 members (excludes halogenated alkanes) is 1. The van der Waals surface area contributed by atoms with Gasteiger partial charge in [0.05, 0.1) is 0 Å². The van der Waals surface area contributed by atoms with Crippen LogP contribution in [0, 0.1) is 0 Å². The number of rotatable bonds is 3. The standard InChI is InChI=1S/C5H14B/c1-3-4-5-6-2/h3-6H2,1-2H3/q-1. The topological polar surface area (TPSA) is 0 Å². The maximum absolute atomic E-state index is 2.36. The quantitative estimate of drug-likeness (QED) is 0.359. The van der Waals surface area contributed by atoms with E-state index in [1.54, 1.807) is 0 Å². The van der Waals surface area contributed by atoms with Crippen LogP contribution in [0.5, 0.6) is 0 Å². The van der Waals surface area contributed by atoms with E-state index in [9.17, 15) is 0 Å². The minimum absolute atomic E-state index is 0.498. The second-order valence-corrected chi connectivity index (χ2v) is 2.06. The van der Waals surface area contributed by atoms with Crippen molar-refractivity contribution in [2.24, 2.45) is 0 Å². The molecule has 0 spiro atoms. The van der Waals surface area contributed by atoms with Crippen molar-refractivity contribution in [3.8, 4) is 0 Å². The minimum atomic E-state index is 0.498. The molecule has 0 nitrogen and oxygen atoms in total. The maximum Gasteiger partial charge on any atom is -0.0356 e. The van der Waals surface area contributed by atoms with E-state index in [1.807, 2.05) is 0 Å². The Balaban J connectivity index is 2.34. The first-order valence-corrected chi connectivity index (χ1v) is 3.41. The highest BCUT2D eigenvalue weighted by Gasteiger charge is 1.70. The maximum atomic E-state index is 2.36. The fraction of sp³-hybridized carbons (Fsp3) is 1.00. The van der Waals surface area contributed by atoms with Crippen LogP contribution in [0.1, 0.15) is 19.8 Å². The number of hydrogen-bond acceptors (Lipinski definition) is 0. The van der Waals surface area contributed by atoms with Crippen molar-refractivity contribution in [2.75, 3.05) is 0 Å². The van der Waals surface area contributed by atoms with Gasteiger partial charge in [-0.25, -0.2) is 0 Å². The van der Waals surface area contributed by atoms with E-state index in [4.69, 9.17) is 0 Å². The summed E-state index contributed by atoms with van der Waals surface area (Å²) in [7, 11) is 0.498. The SMILES string of the molecule is C[BH2-]CCCC. The summed E-state index contributed by atoms with van der Waals surface area (Å²) in [4.78, 5) is 0. The lowest BCUT2D eigenvalue weighted by Gasteiger charge is -1.91. The van der Waals surface area contributed by atoms with Crippen molar-refractivity contribution in [2.45, 2.75) is 32.9 Å². The molecule has 1 heteroatoms. The normalized spacial score (nSPS) is 9.00. The van der Waals surface area contributed by atoms with Crippen LogP contribution in [-0.4, -0.2) is 7.28 Å². The van der Waals surface area contributed by atoms with Gasteiger partial charge in [0.25, 0.3) is 0 Å². The van der Waals surface area contributed by atoms with Gasteiger partial charge in [-0.2, -0.15) is 13.1 Å². The van der Waals surface area contributed by atoms with Gasteiger partial charge in [0.1, 0.15) is 0 Å². The summed E-state index contributed by atoms with van der Waals surface area (Å²) in [5.74, 6) is 0. The Morgan fingerprint density at radius 2 is 2.17 bits per heavy atom. The lowest BCUT2D eigenvalue weighted by Crippen LogP contribution is -1.76. The first-order chi connectivity index (χ1) is 2.91. The monoisotopic (exact) mass is 85.1 g/mol. The second-order valence-electron chi connectivity index (χ2n) is 2.06. The van der Waals surface area contributed by atoms with Gasteiger partial charge in [-0.15, -0.1) is 0 Å². The smallest absolute Gasteiger partial charge is 0.0356 e. The molecule has 0 aromatic carbocycles. The van der Waals surface area contributed by atoms with Crippen molar-refractivity contribution in [3.63, 3.8) is 0 Å². The van der Waals surface area contributed by atoms with E-state index in [2.05, 4.69) is 13.7 Å². The van der Waals surface area contributed by atoms with Crippen LogP contribution in [0.25, 0.3) is 0 Å². The van der Waals surface area contributed by atoms with Crippen molar-refractivity contribution in [1.29, 1.82) is 0 Å². The molecule has 0 rings (SSSR count). The molecule has 0 heterocycles. The zero-order valence-electron chi connectivity index (χ0n) is 5.12. The second kappa shape index (κ2) is 5.06.